The lowest BCUT2D eigenvalue weighted by molar-refractivity contribution is 0.00651. The van der Waals surface area contributed by atoms with Crippen LogP contribution >= 0.6 is 0 Å². The molecule has 2 unspecified atom stereocenters. The highest BCUT2D eigenvalue weighted by Crippen LogP contribution is 2.30. The summed E-state index contributed by atoms with van der Waals surface area (Å²) < 4.78 is 33.2. The van der Waals surface area contributed by atoms with E-state index in [1.807, 2.05) is 37.3 Å². The van der Waals surface area contributed by atoms with E-state index in [0.717, 1.165) is 48.2 Å². The van der Waals surface area contributed by atoms with Gasteiger partial charge in [-0.05, 0) is 78.4 Å². The molecule has 4 rings (SSSR count). The second kappa shape index (κ2) is 9.50. The lowest BCUT2D eigenvalue weighted by atomic mass is 9.86. The molecule has 156 valence electrons. The van der Waals surface area contributed by atoms with Gasteiger partial charge in [0.15, 0.2) is 0 Å². The zero-order valence-electron chi connectivity index (χ0n) is 17.2. The number of aryl methyl sites for hydroxylation is 1. The standard InChI is InChI=1S/C26H27F2NO/c1-18-14-23(28)10-11-24(18)25-16-29-13-12-26(25)30-17-21-5-3-2-4-20(21)15-19-6-8-22(27)9-7-19/h2-11,14,25-26,29H,12-13,15-17H2,1H3. The number of piperidine rings is 1. The quantitative estimate of drug-likeness (QED) is 0.580. The molecule has 1 N–H and O–H groups in total. The first-order valence-corrected chi connectivity index (χ1v) is 10.5. The molecule has 1 aliphatic rings. The molecule has 2 atom stereocenters. The minimum Gasteiger partial charge on any atom is -0.373 e. The van der Waals surface area contributed by atoms with E-state index in [0.29, 0.717) is 6.61 Å². The Labute approximate surface area is 176 Å². The molecule has 4 heteroatoms. The van der Waals surface area contributed by atoms with Crippen LogP contribution in [0.1, 0.15) is 40.2 Å². The van der Waals surface area contributed by atoms with Crippen LogP contribution in [0, 0.1) is 18.6 Å². The van der Waals surface area contributed by atoms with E-state index in [1.54, 1.807) is 6.07 Å². The normalized spacial score (nSPS) is 19.0. The van der Waals surface area contributed by atoms with E-state index in [1.165, 1.54) is 23.8 Å². The Morgan fingerprint density at radius 3 is 2.43 bits per heavy atom. The van der Waals surface area contributed by atoms with Crippen molar-refractivity contribution in [3.05, 3.63) is 106 Å². The molecule has 1 aliphatic heterocycles. The molecule has 0 aliphatic carbocycles. The minimum absolute atomic E-state index is 0.0780. The summed E-state index contributed by atoms with van der Waals surface area (Å²) in [5.41, 5.74) is 5.52. The first-order chi connectivity index (χ1) is 14.6. The van der Waals surface area contributed by atoms with Crippen molar-refractivity contribution in [2.75, 3.05) is 13.1 Å². The van der Waals surface area contributed by atoms with Gasteiger partial charge >= 0.3 is 0 Å². The number of benzene rings is 3. The van der Waals surface area contributed by atoms with E-state index >= 15 is 0 Å². The summed E-state index contributed by atoms with van der Waals surface area (Å²) in [6, 6.07) is 19.9. The number of ether oxygens (including phenoxy) is 1. The van der Waals surface area contributed by atoms with Crippen LogP contribution in [0.15, 0.2) is 66.7 Å². The summed E-state index contributed by atoms with van der Waals surface area (Å²) in [5, 5.41) is 3.45. The molecule has 2 nitrogen and oxygen atoms in total. The van der Waals surface area contributed by atoms with Crippen LogP contribution in [0.4, 0.5) is 8.78 Å². The van der Waals surface area contributed by atoms with Gasteiger partial charge in [0.1, 0.15) is 11.6 Å². The van der Waals surface area contributed by atoms with Gasteiger partial charge in [0.05, 0.1) is 12.7 Å². The molecule has 0 bridgehead atoms. The summed E-state index contributed by atoms with van der Waals surface area (Å²) in [6.45, 7) is 4.23. The third kappa shape index (κ3) is 4.94. The molecule has 3 aromatic rings. The fourth-order valence-electron chi connectivity index (χ4n) is 4.29. The largest absolute Gasteiger partial charge is 0.373 e. The molecular formula is C26H27F2NO. The van der Waals surface area contributed by atoms with Gasteiger partial charge in [-0.2, -0.15) is 0 Å². The van der Waals surface area contributed by atoms with Crippen LogP contribution in [0.3, 0.4) is 0 Å². The zero-order valence-corrected chi connectivity index (χ0v) is 17.2. The first-order valence-electron chi connectivity index (χ1n) is 10.5. The molecular weight excluding hydrogens is 380 g/mol. The average molecular weight is 408 g/mol. The van der Waals surface area contributed by atoms with Gasteiger partial charge in [-0.15, -0.1) is 0 Å². The van der Waals surface area contributed by atoms with Crippen molar-refractivity contribution in [3.8, 4) is 0 Å². The fourth-order valence-corrected chi connectivity index (χ4v) is 4.29. The highest BCUT2D eigenvalue weighted by atomic mass is 19.1. The molecule has 0 spiro atoms. The van der Waals surface area contributed by atoms with Gasteiger partial charge in [-0.25, -0.2) is 8.78 Å². The molecule has 0 saturated carbocycles. The topological polar surface area (TPSA) is 21.3 Å². The van der Waals surface area contributed by atoms with Crippen molar-refractivity contribution < 1.29 is 13.5 Å². The van der Waals surface area contributed by atoms with E-state index in [-0.39, 0.29) is 23.7 Å². The zero-order chi connectivity index (χ0) is 20.9. The Bertz CT molecular complexity index is 987. The molecule has 0 amide bonds. The molecule has 0 aromatic heterocycles. The summed E-state index contributed by atoms with van der Waals surface area (Å²) in [6.07, 6.45) is 1.74. The summed E-state index contributed by atoms with van der Waals surface area (Å²) in [7, 11) is 0. The summed E-state index contributed by atoms with van der Waals surface area (Å²) >= 11 is 0. The smallest absolute Gasteiger partial charge is 0.123 e. The third-order valence-electron chi connectivity index (χ3n) is 5.93. The van der Waals surface area contributed by atoms with Gasteiger partial charge < -0.3 is 10.1 Å². The van der Waals surface area contributed by atoms with E-state index in [2.05, 4.69) is 17.4 Å². The maximum Gasteiger partial charge on any atom is 0.123 e. The second-order valence-electron chi connectivity index (χ2n) is 8.02. The molecule has 1 saturated heterocycles. The highest BCUT2D eigenvalue weighted by molar-refractivity contribution is 5.33. The van der Waals surface area contributed by atoms with Crippen LogP contribution in [-0.4, -0.2) is 19.2 Å². The van der Waals surface area contributed by atoms with E-state index < -0.39 is 0 Å². The van der Waals surface area contributed by atoms with Crippen molar-refractivity contribution >= 4 is 0 Å². The van der Waals surface area contributed by atoms with Crippen molar-refractivity contribution in [2.24, 2.45) is 0 Å². The SMILES string of the molecule is Cc1cc(F)ccc1C1CNCCC1OCc1ccccc1Cc1ccc(F)cc1. The van der Waals surface area contributed by atoms with Gasteiger partial charge in [0.2, 0.25) is 0 Å². The average Bonchev–Trinajstić information content (AvgIpc) is 2.75. The Morgan fingerprint density at radius 1 is 0.933 bits per heavy atom. The lowest BCUT2D eigenvalue weighted by Crippen LogP contribution is -2.40. The molecule has 1 fully saturated rings. The van der Waals surface area contributed by atoms with Crippen LogP contribution < -0.4 is 5.32 Å². The van der Waals surface area contributed by atoms with Crippen molar-refractivity contribution in [1.29, 1.82) is 0 Å². The van der Waals surface area contributed by atoms with Gasteiger partial charge in [-0.1, -0.05) is 42.5 Å². The van der Waals surface area contributed by atoms with Crippen molar-refractivity contribution in [1.82, 2.24) is 5.32 Å². The number of halogens is 2. The van der Waals surface area contributed by atoms with Crippen molar-refractivity contribution in [2.45, 2.75) is 38.4 Å². The molecule has 30 heavy (non-hydrogen) atoms. The maximum atomic E-state index is 13.6. The Morgan fingerprint density at radius 2 is 1.67 bits per heavy atom. The number of hydrogen-bond donors (Lipinski definition) is 1. The number of hydrogen-bond acceptors (Lipinski definition) is 2. The fraction of sp³-hybridized carbons (Fsp3) is 0.308. The lowest BCUT2D eigenvalue weighted by Gasteiger charge is -2.33. The molecule has 0 radical (unpaired) electrons. The second-order valence-corrected chi connectivity index (χ2v) is 8.02. The molecule has 3 aromatic carbocycles. The van der Waals surface area contributed by atoms with Crippen LogP contribution in [0.2, 0.25) is 0 Å². The van der Waals surface area contributed by atoms with Crippen LogP contribution in [0.25, 0.3) is 0 Å². The van der Waals surface area contributed by atoms with Crippen LogP contribution in [-0.2, 0) is 17.8 Å². The first kappa shape index (κ1) is 20.7. The van der Waals surface area contributed by atoms with E-state index in [4.69, 9.17) is 4.74 Å². The minimum atomic E-state index is -0.219. The summed E-state index contributed by atoms with van der Waals surface area (Å²) in [4.78, 5) is 0. The Balaban J connectivity index is 1.48. The predicted molar refractivity (Wildman–Crippen MR) is 116 cm³/mol. The Hall–Kier alpha value is -2.56. The molecule has 1 heterocycles. The van der Waals surface area contributed by atoms with Gasteiger partial charge in [0.25, 0.3) is 0 Å². The Kier molecular flexibility index (Phi) is 6.56. The van der Waals surface area contributed by atoms with Crippen molar-refractivity contribution in [3.63, 3.8) is 0 Å². The van der Waals surface area contributed by atoms with Crippen LogP contribution in [0.5, 0.6) is 0 Å². The predicted octanol–water partition coefficient (Wildman–Crippen LogP) is 5.53. The number of rotatable bonds is 6. The van der Waals surface area contributed by atoms with Gasteiger partial charge in [0, 0.05) is 12.5 Å². The number of nitrogens with one attached hydrogen (secondary N) is 1. The highest BCUT2D eigenvalue weighted by Gasteiger charge is 2.28. The van der Waals surface area contributed by atoms with Gasteiger partial charge in [-0.3, -0.25) is 0 Å². The van der Waals surface area contributed by atoms with E-state index in [9.17, 15) is 8.78 Å². The summed E-state index contributed by atoms with van der Waals surface area (Å²) in [5.74, 6) is -0.223. The monoisotopic (exact) mass is 407 g/mol. The maximum absolute atomic E-state index is 13.6. The third-order valence-corrected chi connectivity index (χ3v) is 5.93.